The number of nitrogens with one attached hydrogen (secondary N) is 1. The third-order valence-corrected chi connectivity index (χ3v) is 4.33. The van der Waals surface area contributed by atoms with E-state index in [1.807, 2.05) is 0 Å². The van der Waals surface area contributed by atoms with Gasteiger partial charge in [-0.05, 0) is 42.4 Å². The summed E-state index contributed by atoms with van der Waals surface area (Å²) in [4.78, 5) is 0. The Morgan fingerprint density at radius 1 is 1.15 bits per heavy atom. The van der Waals surface area contributed by atoms with Gasteiger partial charge in [-0.2, -0.15) is 0 Å². The van der Waals surface area contributed by atoms with E-state index in [-0.39, 0.29) is 0 Å². The molecule has 1 aromatic carbocycles. The molecule has 1 aliphatic rings. The number of ether oxygens (including phenoxy) is 2. The molecule has 3 nitrogen and oxygen atoms in total. The fourth-order valence-electron chi connectivity index (χ4n) is 2.82. The number of rotatable bonds is 7. The van der Waals surface area contributed by atoms with Crippen molar-refractivity contribution in [3.63, 3.8) is 0 Å². The summed E-state index contributed by atoms with van der Waals surface area (Å²) >= 11 is 0. The Bertz CT molecular complexity index is 396. The third kappa shape index (κ3) is 3.74. The first-order valence-electron chi connectivity index (χ1n) is 7.53. The molecule has 0 amide bonds. The van der Waals surface area contributed by atoms with Gasteiger partial charge in [0.1, 0.15) is 5.75 Å². The Labute approximate surface area is 122 Å². The first-order chi connectivity index (χ1) is 9.63. The van der Waals surface area contributed by atoms with Crippen molar-refractivity contribution in [3.05, 3.63) is 29.8 Å². The largest absolute Gasteiger partial charge is 0.497 e. The Kier molecular flexibility index (Phi) is 5.44. The lowest BCUT2D eigenvalue weighted by Gasteiger charge is -2.39. The zero-order valence-corrected chi connectivity index (χ0v) is 13.1. The van der Waals surface area contributed by atoms with Crippen molar-refractivity contribution in [1.82, 2.24) is 5.32 Å². The maximum atomic E-state index is 5.30. The van der Waals surface area contributed by atoms with Crippen LogP contribution in [-0.2, 0) is 4.74 Å². The van der Waals surface area contributed by atoms with Gasteiger partial charge < -0.3 is 14.8 Å². The summed E-state index contributed by atoms with van der Waals surface area (Å²) in [6, 6.07) is 9.57. The lowest BCUT2D eigenvalue weighted by Crippen LogP contribution is -2.49. The molecular formula is C17H27NO2. The fraction of sp³-hybridized carbons (Fsp3) is 0.647. The summed E-state index contributed by atoms with van der Waals surface area (Å²) in [6.45, 7) is 5.29. The van der Waals surface area contributed by atoms with E-state index in [9.17, 15) is 0 Å². The van der Waals surface area contributed by atoms with Crippen molar-refractivity contribution in [1.29, 1.82) is 0 Å². The SMILES string of the molecule is COCC(NC1CC(c2ccc(OC)cc2)C1)C(C)C. The minimum atomic E-state index is 0.460. The van der Waals surface area contributed by atoms with Crippen molar-refractivity contribution in [2.45, 2.75) is 44.7 Å². The van der Waals surface area contributed by atoms with Crippen LogP contribution >= 0.6 is 0 Å². The van der Waals surface area contributed by atoms with Gasteiger partial charge in [-0.15, -0.1) is 0 Å². The van der Waals surface area contributed by atoms with Crippen molar-refractivity contribution < 1.29 is 9.47 Å². The van der Waals surface area contributed by atoms with E-state index in [0.29, 0.717) is 23.9 Å². The smallest absolute Gasteiger partial charge is 0.118 e. The monoisotopic (exact) mass is 277 g/mol. The van der Waals surface area contributed by atoms with Gasteiger partial charge in [0.25, 0.3) is 0 Å². The molecule has 20 heavy (non-hydrogen) atoms. The van der Waals surface area contributed by atoms with E-state index in [0.717, 1.165) is 12.4 Å². The van der Waals surface area contributed by atoms with Gasteiger partial charge in [0.2, 0.25) is 0 Å². The van der Waals surface area contributed by atoms with Crippen LogP contribution in [0.1, 0.15) is 38.2 Å². The molecule has 2 rings (SSSR count). The van der Waals surface area contributed by atoms with Crippen LogP contribution in [0.2, 0.25) is 0 Å². The number of hydrogen-bond acceptors (Lipinski definition) is 3. The molecule has 112 valence electrons. The van der Waals surface area contributed by atoms with Gasteiger partial charge in [0.05, 0.1) is 13.7 Å². The van der Waals surface area contributed by atoms with Gasteiger partial charge in [-0.25, -0.2) is 0 Å². The maximum absolute atomic E-state index is 5.30. The molecule has 1 fully saturated rings. The summed E-state index contributed by atoms with van der Waals surface area (Å²) in [5.41, 5.74) is 1.43. The summed E-state index contributed by atoms with van der Waals surface area (Å²) in [7, 11) is 3.48. The summed E-state index contributed by atoms with van der Waals surface area (Å²) in [5.74, 6) is 2.23. The Balaban J connectivity index is 1.81. The Morgan fingerprint density at radius 3 is 2.30 bits per heavy atom. The predicted octanol–water partition coefficient (Wildman–Crippen LogP) is 3.20. The van der Waals surface area contributed by atoms with Crippen LogP contribution in [0.4, 0.5) is 0 Å². The van der Waals surface area contributed by atoms with Crippen molar-refractivity contribution in [2.24, 2.45) is 5.92 Å². The normalized spacial score (nSPS) is 23.4. The van der Waals surface area contributed by atoms with Crippen LogP contribution < -0.4 is 10.1 Å². The van der Waals surface area contributed by atoms with Crippen LogP contribution in [0.5, 0.6) is 5.75 Å². The third-order valence-electron chi connectivity index (χ3n) is 4.33. The van der Waals surface area contributed by atoms with E-state index < -0.39 is 0 Å². The van der Waals surface area contributed by atoms with Crippen LogP contribution in [0.15, 0.2) is 24.3 Å². The van der Waals surface area contributed by atoms with E-state index >= 15 is 0 Å². The van der Waals surface area contributed by atoms with Gasteiger partial charge in [-0.1, -0.05) is 26.0 Å². The second kappa shape index (κ2) is 7.09. The molecule has 0 bridgehead atoms. The molecule has 1 N–H and O–H groups in total. The Morgan fingerprint density at radius 2 is 1.80 bits per heavy atom. The van der Waals surface area contributed by atoms with Crippen molar-refractivity contribution in [2.75, 3.05) is 20.8 Å². The van der Waals surface area contributed by atoms with Crippen LogP contribution in [0.3, 0.4) is 0 Å². The van der Waals surface area contributed by atoms with Crippen LogP contribution in [0, 0.1) is 5.92 Å². The average molecular weight is 277 g/mol. The molecule has 3 heteroatoms. The minimum Gasteiger partial charge on any atom is -0.497 e. The van der Waals surface area contributed by atoms with Crippen LogP contribution in [0.25, 0.3) is 0 Å². The number of methoxy groups -OCH3 is 2. The predicted molar refractivity (Wildman–Crippen MR) is 82.4 cm³/mol. The first kappa shape index (κ1) is 15.3. The highest BCUT2D eigenvalue weighted by atomic mass is 16.5. The number of hydrogen-bond donors (Lipinski definition) is 1. The van der Waals surface area contributed by atoms with E-state index in [2.05, 4.69) is 43.4 Å². The van der Waals surface area contributed by atoms with E-state index in [1.165, 1.54) is 18.4 Å². The second-order valence-electron chi connectivity index (χ2n) is 6.11. The molecule has 0 radical (unpaired) electrons. The average Bonchev–Trinajstić information content (AvgIpc) is 2.41. The Hall–Kier alpha value is -1.06. The molecule has 0 aromatic heterocycles. The fourth-order valence-corrected chi connectivity index (χ4v) is 2.82. The standard InChI is InChI=1S/C17H27NO2/c1-12(2)17(11-19-3)18-15-9-14(10-15)13-5-7-16(20-4)8-6-13/h5-8,12,14-15,17-18H,9-11H2,1-4H3. The molecule has 0 aliphatic heterocycles. The highest BCUT2D eigenvalue weighted by molar-refractivity contribution is 5.30. The lowest BCUT2D eigenvalue weighted by atomic mass is 9.75. The summed E-state index contributed by atoms with van der Waals surface area (Å²) in [5, 5.41) is 3.73. The zero-order valence-electron chi connectivity index (χ0n) is 13.1. The first-order valence-corrected chi connectivity index (χ1v) is 7.53. The molecule has 0 heterocycles. The van der Waals surface area contributed by atoms with Crippen molar-refractivity contribution in [3.8, 4) is 5.75 Å². The second-order valence-corrected chi connectivity index (χ2v) is 6.11. The molecular weight excluding hydrogens is 250 g/mol. The molecule has 1 unspecified atom stereocenters. The maximum Gasteiger partial charge on any atom is 0.118 e. The quantitative estimate of drug-likeness (QED) is 0.830. The van der Waals surface area contributed by atoms with Crippen LogP contribution in [-0.4, -0.2) is 32.9 Å². The molecule has 1 aliphatic carbocycles. The van der Waals surface area contributed by atoms with Gasteiger partial charge in [-0.3, -0.25) is 0 Å². The zero-order chi connectivity index (χ0) is 14.5. The highest BCUT2D eigenvalue weighted by Crippen LogP contribution is 2.37. The highest BCUT2D eigenvalue weighted by Gasteiger charge is 2.32. The molecule has 1 atom stereocenters. The number of benzene rings is 1. The minimum absolute atomic E-state index is 0.460. The van der Waals surface area contributed by atoms with E-state index in [1.54, 1.807) is 14.2 Å². The lowest BCUT2D eigenvalue weighted by molar-refractivity contribution is 0.126. The van der Waals surface area contributed by atoms with Crippen molar-refractivity contribution >= 4 is 0 Å². The van der Waals surface area contributed by atoms with Gasteiger partial charge in [0, 0.05) is 19.2 Å². The topological polar surface area (TPSA) is 30.5 Å². The van der Waals surface area contributed by atoms with Gasteiger partial charge >= 0.3 is 0 Å². The van der Waals surface area contributed by atoms with E-state index in [4.69, 9.17) is 9.47 Å². The molecule has 0 spiro atoms. The molecule has 0 saturated heterocycles. The summed E-state index contributed by atoms with van der Waals surface area (Å²) < 4.78 is 10.5. The molecule has 1 saturated carbocycles. The summed E-state index contributed by atoms with van der Waals surface area (Å²) in [6.07, 6.45) is 2.44. The van der Waals surface area contributed by atoms with Gasteiger partial charge in [0.15, 0.2) is 0 Å². The molecule has 1 aromatic rings.